The first-order chi connectivity index (χ1) is 7.95. The Bertz CT molecular complexity index is 449. The Morgan fingerprint density at radius 2 is 1.76 bits per heavy atom. The minimum Gasteiger partial charge on any atom is -0.192 e. The van der Waals surface area contributed by atoms with Crippen LogP contribution in [-0.4, -0.2) is 0 Å². The fraction of sp³-hybridized carbons (Fsp3) is 0.438. The van der Waals surface area contributed by atoms with Crippen LogP contribution in [-0.2, 0) is 0 Å². The van der Waals surface area contributed by atoms with Crippen molar-refractivity contribution in [2.24, 2.45) is 11.8 Å². The van der Waals surface area contributed by atoms with E-state index < -0.39 is 0 Å². The molecular weight excluding hydrogens is 206 g/mol. The van der Waals surface area contributed by atoms with E-state index in [1.165, 1.54) is 16.7 Å². The van der Waals surface area contributed by atoms with Crippen molar-refractivity contribution in [1.29, 1.82) is 5.26 Å². The molecule has 0 heterocycles. The number of rotatable bonds is 3. The van der Waals surface area contributed by atoms with Gasteiger partial charge in [-0.1, -0.05) is 45.4 Å². The van der Waals surface area contributed by atoms with Crippen molar-refractivity contribution < 1.29 is 0 Å². The molecule has 0 bridgehead atoms. The molecule has 0 unspecified atom stereocenters. The maximum Gasteiger partial charge on any atom is 0.0991 e. The van der Waals surface area contributed by atoms with Gasteiger partial charge in [-0.05, 0) is 42.0 Å². The lowest BCUT2D eigenvalue weighted by atomic mass is 9.90. The number of aryl methyl sites for hydroxylation is 1. The Morgan fingerprint density at radius 3 is 2.18 bits per heavy atom. The summed E-state index contributed by atoms with van der Waals surface area (Å²) < 4.78 is 0. The van der Waals surface area contributed by atoms with Crippen LogP contribution in [0, 0.1) is 30.1 Å². The van der Waals surface area contributed by atoms with Crippen LogP contribution >= 0.6 is 0 Å². The van der Waals surface area contributed by atoms with Crippen LogP contribution in [0.2, 0.25) is 0 Å². The Morgan fingerprint density at radius 1 is 1.18 bits per heavy atom. The quantitative estimate of drug-likeness (QED) is 0.742. The highest BCUT2D eigenvalue weighted by Crippen LogP contribution is 2.24. The third kappa shape index (κ3) is 3.46. The second kappa shape index (κ2) is 5.68. The minimum atomic E-state index is 0.560. The van der Waals surface area contributed by atoms with Crippen LogP contribution in [0.25, 0.3) is 6.08 Å². The molecule has 17 heavy (non-hydrogen) atoms. The van der Waals surface area contributed by atoms with Crippen LogP contribution in [0.3, 0.4) is 0 Å². The lowest BCUT2D eigenvalue weighted by Crippen LogP contribution is -2.02. The summed E-state index contributed by atoms with van der Waals surface area (Å²) in [5.74, 6) is 1.12. The molecule has 0 fully saturated rings. The average Bonchev–Trinajstić information content (AvgIpc) is 2.26. The summed E-state index contributed by atoms with van der Waals surface area (Å²) >= 11 is 0. The van der Waals surface area contributed by atoms with E-state index in [-0.39, 0.29) is 0 Å². The van der Waals surface area contributed by atoms with Gasteiger partial charge in [-0.25, -0.2) is 0 Å². The summed E-state index contributed by atoms with van der Waals surface area (Å²) in [5.41, 5.74) is 4.58. The number of allylic oxidation sites excluding steroid dienone is 1. The number of hydrogen-bond acceptors (Lipinski definition) is 1. The molecule has 0 atom stereocenters. The molecule has 0 N–H and O–H groups in total. The van der Waals surface area contributed by atoms with Gasteiger partial charge in [0.1, 0.15) is 0 Å². The van der Waals surface area contributed by atoms with E-state index in [9.17, 15) is 0 Å². The molecule has 1 rings (SSSR count). The van der Waals surface area contributed by atoms with Gasteiger partial charge in [0, 0.05) is 0 Å². The SMILES string of the molecule is Cc1cc(C#N)ccc1C=C(C(C)C)C(C)C. The van der Waals surface area contributed by atoms with Crippen molar-refractivity contribution in [2.45, 2.75) is 34.6 Å². The minimum absolute atomic E-state index is 0.560. The summed E-state index contributed by atoms with van der Waals surface area (Å²) in [7, 11) is 0. The summed E-state index contributed by atoms with van der Waals surface area (Å²) in [6, 6.07) is 8.05. The second-order valence-corrected chi connectivity index (χ2v) is 5.14. The highest BCUT2D eigenvalue weighted by atomic mass is 14.2. The maximum absolute atomic E-state index is 8.85. The van der Waals surface area contributed by atoms with Gasteiger partial charge in [0.15, 0.2) is 0 Å². The topological polar surface area (TPSA) is 23.8 Å². The molecule has 0 radical (unpaired) electrons. The number of benzene rings is 1. The molecule has 0 aliphatic heterocycles. The van der Waals surface area contributed by atoms with E-state index in [4.69, 9.17) is 5.26 Å². The van der Waals surface area contributed by atoms with Gasteiger partial charge in [0.2, 0.25) is 0 Å². The molecule has 90 valence electrons. The third-order valence-electron chi connectivity index (χ3n) is 3.05. The normalized spacial score (nSPS) is 10.5. The Kier molecular flexibility index (Phi) is 4.52. The fourth-order valence-electron chi connectivity index (χ4n) is 2.09. The highest BCUT2D eigenvalue weighted by Gasteiger charge is 2.08. The van der Waals surface area contributed by atoms with E-state index in [0.717, 1.165) is 5.56 Å². The van der Waals surface area contributed by atoms with Crippen LogP contribution in [0.1, 0.15) is 44.4 Å². The predicted octanol–water partition coefficient (Wildman–Crippen LogP) is 4.56. The zero-order valence-corrected chi connectivity index (χ0v) is 11.4. The molecule has 1 nitrogen and oxygen atoms in total. The largest absolute Gasteiger partial charge is 0.192 e. The smallest absolute Gasteiger partial charge is 0.0991 e. The molecule has 1 aromatic rings. The second-order valence-electron chi connectivity index (χ2n) is 5.14. The van der Waals surface area contributed by atoms with E-state index in [1.807, 2.05) is 18.2 Å². The molecule has 0 saturated heterocycles. The summed E-state index contributed by atoms with van der Waals surface area (Å²) in [4.78, 5) is 0. The van der Waals surface area contributed by atoms with Gasteiger partial charge in [0.05, 0.1) is 11.6 Å². The van der Waals surface area contributed by atoms with E-state index >= 15 is 0 Å². The molecule has 1 heteroatoms. The van der Waals surface area contributed by atoms with Crippen LogP contribution in [0.15, 0.2) is 23.8 Å². The Hall–Kier alpha value is -1.55. The number of nitriles is 1. The van der Waals surface area contributed by atoms with E-state index in [1.54, 1.807) is 0 Å². The number of hydrogen-bond donors (Lipinski definition) is 0. The van der Waals surface area contributed by atoms with Crippen molar-refractivity contribution in [3.63, 3.8) is 0 Å². The lowest BCUT2D eigenvalue weighted by molar-refractivity contribution is 0.632. The molecule has 0 amide bonds. The zero-order chi connectivity index (χ0) is 13.0. The molecule has 1 aromatic carbocycles. The van der Waals surface area contributed by atoms with Crippen molar-refractivity contribution in [3.05, 3.63) is 40.5 Å². The van der Waals surface area contributed by atoms with Crippen LogP contribution < -0.4 is 0 Å². The highest BCUT2D eigenvalue weighted by molar-refractivity contribution is 5.58. The lowest BCUT2D eigenvalue weighted by Gasteiger charge is -2.16. The van der Waals surface area contributed by atoms with Gasteiger partial charge in [0.25, 0.3) is 0 Å². The van der Waals surface area contributed by atoms with Crippen LogP contribution in [0.5, 0.6) is 0 Å². The van der Waals surface area contributed by atoms with Crippen molar-refractivity contribution in [3.8, 4) is 6.07 Å². The molecule has 0 aliphatic rings. The predicted molar refractivity (Wildman–Crippen MR) is 73.5 cm³/mol. The number of nitrogens with zero attached hydrogens (tertiary/aromatic N) is 1. The van der Waals surface area contributed by atoms with E-state index in [0.29, 0.717) is 11.8 Å². The van der Waals surface area contributed by atoms with Gasteiger partial charge in [-0.2, -0.15) is 5.26 Å². The summed E-state index contributed by atoms with van der Waals surface area (Å²) in [5, 5.41) is 8.85. The first-order valence-corrected chi connectivity index (χ1v) is 6.18. The molecule has 0 spiro atoms. The first kappa shape index (κ1) is 13.5. The third-order valence-corrected chi connectivity index (χ3v) is 3.05. The zero-order valence-electron chi connectivity index (χ0n) is 11.4. The first-order valence-electron chi connectivity index (χ1n) is 6.18. The summed E-state index contributed by atoms with van der Waals surface area (Å²) in [6.45, 7) is 11.0. The maximum atomic E-state index is 8.85. The van der Waals surface area contributed by atoms with Crippen molar-refractivity contribution >= 4 is 6.08 Å². The van der Waals surface area contributed by atoms with E-state index in [2.05, 4.69) is 46.8 Å². The Balaban J connectivity index is 3.17. The van der Waals surface area contributed by atoms with Gasteiger partial charge < -0.3 is 0 Å². The average molecular weight is 227 g/mol. The van der Waals surface area contributed by atoms with Crippen molar-refractivity contribution in [1.82, 2.24) is 0 Å². The molecule has 0 aromatic heterocycles. The molecule has 0 saturated carbocycles. The monoisotopic (exact) mass is 227 g/mol. The van der Waals surface area contributed by atoms with Crippen molar-refractivity contribution in [2.75, 3.05) is 0 Å². The standard InChI is InChI=1S/C16H21N/c1-11(2)16(12(3)4)9-15-7-6-14(10-17)8-13(15)5/h6-9,11-12H,1-5H3. The van der Waals surface area contributed by atoms with Gasteiger partial charge in [-0.15, -0.1) is 0 Å². The molecule has 0 aliphatic carbocycles. The summed E-state index contributed by atoms with van der Waals surface area (Å²) in [6.07, 6.45) is 2.27. The molecular formula is C16H21N. The fourth-order valence-corrected chi connectivity index (χ4v) is 2.09. The van der Waals surface area contributed by atoms with Gasteiger partial charge >= 0.3 is 0 Å². The van der Waals surface area contributed by atoms with Crippen LogP contribution in [0.4, 0.5) is 0 Å². The van der Waals surface area contributed by atoms with Gasteiger partial charge in [-0.3, -0.25) is 0 Å². The Labute approximate surface area is 105 Å².